The van der Waals surface area contributed by atoms with Gasteiger partial charge in [0, 0.05) is 6.20 Å². The molecule has 2 aliphatic carbocycles. The third-order valence-corrected chi connectivity index (χ3v) is 3.19. The maximum Gasteiger partial charge on any atom is 0.357 e. The monoisotopic (exact) mass is 305 g/mol. The summed E-state index contributed by atoms with van der Waals surface area (Å²) in [4.78, 5) is 22.9. The molecule has 8 nitrogen and oxygen atoms in total. The van der Waals surface area contributed by atoms with Gasteiger partial charge in [-0.25, -0.2) is 25.2 Å². The number of nitrogens with one attached hydrogen (secondary N) is 1. The fraction of sp³-hybridized carbons (Fsp3) is 0. The van der Waals surface area contributed by atoms with Crippen molar-refractivity contribution in [2.24, 2.45) is 5.84 Å². The fourth-order valence-corrected chi connectivity index (χ4v) is 1.89. The quantitative estimate of drug-likeness (QED) is 0.415. The van der Waals surface area contributed by atoms with Crippen LogP contribution in [0.2, 0.25) is 0 Å². The van der Waals surface area contributed by atoms with Crippen molar-refractivity contribution in [1.29, 1.82) is 5.26 Å². The van der Waals surface area contributed by atoms with Gasteiger partial charge in [0.15, 0.2) is 5.82 Å². The van der Waals surface area contributed by atoms with Crippen LogP contribution < -0.4 is 17.0 Å². The van der Waals surface area contributed by atoms with Gasteiger partial charge in [-0.1, -0.05) is 24.3 Å². The molecule has 0 saturated heterocycles. The highest BCUT2D eigenvalue weighted by molar-refractivity contribution is 5.75. The molecule has 2 aromatic rings. The van der Waals surface area contributed by atoms with Crippen molar-refractivity contribution < 1.29 is 0 Å². The molecule has 0 atom stereocenters. The maximum atomic E-state index is 11.6. The molecule has 2 heterocycles. The zero-order valence-electron chi connectivity index (χ0n) is 11.8. The normalized spacial score (nSPS) is 10.1. The average Bonchev–Trinajstić information content (AvgIpc) is 2.58. The number of hydrazine groups is 1. The van der Waals surface area contributed by atoms with Crippen LogP contribution in [0.4, 0.5) is 5.95 Å². The molecule has 2 aromatic heterocycles. The largest absolute Gasteiger partial charge is 0.357 e. The van der Waals surface area contributed by atoms with Gasteiger partial charge in [0.05, 0.1) is 5.56 Å². The van der Waals surface area contributed by atoms with Crippen LogP contribution in [-0.2, 0) is 0 Å². The van der Waals surface area contributed by atoms with Crippen molar-refractivity contribution in [2.45, 2.75) is 0 Å². The van der Waals surface area contributed by atoms with E-state index in [9.17, 15) is 4.79 Å². The molecule has 0 radical (unpaired) electrons. The highest BCUT2D eigenvalue weighted by Gasteiger charge is 2.08. The minimum absolute atomic E-state index is 0.000638. The second kappa shape index (κ2) is 6.05. The highest BCUT2D eigenvalue weighted by atomic mass is 16.1. The summed E-state index contributed by atoms with van der Waals surface area (Å²) in [6.45, 7) is 0. The van der Waals surface area contributed by atoms with Gasteiger partial charge in [0.1, 0.15) is 12.4 Å². The van der Waals surface area contributed by atoms with Gasteiger partial charge < -0.3 is 0 Å². The lowest BCUT2D eigenvalue weighted by atomic mass is 9.95. The van der Waals surface area contributed by atoms with Gasteiger partial charge in [0.25, 0.3) is 0 Å². The van der Waals surface area contributed by atoms with Crippen LogP contribution in [0.5, 0.6) is 0 Å². The molecule has 0 aliphatic heterocycles. The Morgan fingerprint density at radius 3 is 2.30 bits per heavy atom. The van der Waals surface area contributed by atoms with Gasteiger partial charge >= 0.3 is 5.69 Å². The number of nitriles is 1. The number of hydrogen-bond donors (Lipinski definition) is 2. The molecule has 2 aliphatic rings. The highest BCUT2D eigenvalue weighted by Crippen LogP contribution is 2.29. The van der Waals surface area contributed by atoms with E-state index < -0.39 is 5.69 Å². The molecule has 0 bridgehead atoms. The number of nitrogens with two attached hydrogens (primary N) is 1. The van der Waals surface area contributed by atoms with E-state index in [1.807, 2.05) is 6.07 Å². The molecule has 0 aromatic carbocycles. The fourth-order valence-electron chi connectivity index (χ4n) is 1.89. The SMILES string of the molecule is N#Cc1cccnc1-n1cnc(NN)nc1=O.c1cc2ccc1-2. The van der Waals surface area contributed by atoms with E-state index in [0.29, 0.717) is 0 Å². The van der Waals surface area contributed by atoms with Crippen LogP contribution in [0.25, 0.3) is 16.9 Å². The number of aromatic nitrogens is 4. The molecule has 0 spiro atoms. The summed E-state index contributed by atoms with van der Waals surface area (Å²) in [6, 6.07) is 13.6. The molecule has 0 amide bonds. The number of fused-ring (bicyclic) bond motifs is 1. The summed E-state index contributed by atoms with van der Waals surface area (Å²) in [6.07, 6.45) is 2.67. The molecule has 23 heavy (non-hydrogen) atoms. The molecule has 3 N–H and O–H groups in total. The molecule has 0 unspecified atom stereocenters. The molecular formula is C15H11N7O. The maximum absolute atomic E-state index is 11.6. The standard InChI is InChI=1S/C9H7N7O.C6H4/c10-4-6-2-1-3-12-7(6)16-5-13-8(15-11)14-9(16)17;1-2-6-4-3-5(1)6/h1-3,5H,11H2,(H,14,15,17);1-4H. The van der Waals surface area contributed by atoms with Crippen molar-refractivity contribution in [3.63, 3.8) is 0 Å². The molecule has 4 rings (SSSR count). The second-order valence-electron chi connectivity index (χ2n) is 4.54. The number of anilines is 1. The predicted molar refractivity (Wildman–Crippen MR) is 83.4 cm³/mol. The smallest absolute Gasteiger partial charge is 0.292 e. The predicted octanol–water partition coefficient (Wildman–Crippen LogP) is 0.847. The average molecular weight is 305 g/mol. The van der Waals surface area contributed by atoms with Crippen molar-refractivity contribution in [3.05, 3.63) is 65.0 Å². The van der Waals surface area contributed by atoms with Crippen LogP contribution in [0.15, 0.2) is 53.7 Å². The van der Waals surface area contributed by atoms with E-state index in [-0.39, 0.29) is 17.3 Å². The Balaban J connectivity index is 0.000000213. The lowest BCUT2D eigenvalue weighted by molar-refractivity contribution is 0.833. The van der Waals surface area contributed by atoms with Crippen LogP contribution in [0, 0.1) is 11.3 Å². The van der Waals surface area contributed by atoms with E-state index >= 15 is 0 Å². The van der Waals surface area contributed by atoms with Crippen LogP contribution in [0.1, 0.15) is 5.56 Å². The first kappa shape index (κ1) is 14.4. The number of nitrogens with zero attached hydrogens (tertiary/aromatic N) is 5. The summed E-state index contributed by atoms with van der Waals surface area (Å²) in [7, 11) is 0. The molecule has 0 saturated carbocycles. The number of pyridine rings is 1. The van der Waals surface area contributed by atoms with E-state index in [2.05, 4.69) is 44.6 Å². The number of hydrogen-bond acceptors (Lipinski definition) is 7. The summed E-state index contributed by atoms with van der Waals surface area (Å²) >= 11 is 0. The second-order valence-corrected chi connectivity index (χ2v) is 4.54. The first-order chi connectivity index (χ1) is 11.2. The van der Waals surface area contributed by atoms with Crippen molar-refractivity contribution in [1.82, 2.24) is 19.5 Å². The van der Waals surface area contributed by atoms with E-state index in [4.69, 9.17) is 11.1 Å². The van der Waals surface area contributed by atoms with Gasteiger partial charge in [-0.05, 0) is 23.3 Å². The first-order valence-electron chi connectivity index (χ1n) is 6.61. The Kier molecular flexibility index (Phi) is 3.78. The van der Waals surface area contributed by atoms with E-state index in [1.165, 1.54) is 23.7 Å². The Morgan fingerprint density at radius 1 is 1.13 bits per heavy atom. The minimum Gasteiger partial charge on any atom is -0.292 e. The Morgan fingerprint density at radius 2 is 1.83 bits per heavy atom. The van der Waals surface area contributed by atoms with Crippen LogP contribution in [-0.4, -0.2) is 19.5 Å². The molecule has 0 fully saturated rings. The lowest BCUT2D eigenvalue weighted by Crippen LogP contribution is -2.26. The minimum atomic E-state index is -0.622. The van der Waals surface area contributed by atoms with Crippen LogP contribution >= 0.6 is 0 Å². The number of rotatable bonds is 2. The first-order valence-corrected chi connectivity index (χ1v) is 6.61. The van der Waals surface area contributed by atoms with Crippen molar-refractivity contribution in [2.75, 3.05) is 5.43 Å². The van der Waals surface area contributed by atoms with Crippen molar-refractivity contribution >= 4 is 5.95 Å². The summed E-state index contributed by atoms with van der Waals surface area (Å²) in [5.74, 6) is 5.26. The Labute approximate surface area is 130 Å². The van der Waals surface area contributed by atoms with Gasteiger partial charge in [-0.15, -0.1) is 0 Å². The van der Waals surface area contributed by atoms with E-state index in [1.54, 1.807) is 12.1 Å². The number of nitrogen functional groups attached to an aromatic ring is 1. The summed E-state index contributed by atoms with van der Waals surface area (Å²) in [5.41, 5.74) is 4.64. The van der Waals surface area contributed by atoms with Crippen LogP contribution in [0.3, 0.4) is 0 Å². The summed E-state index contributed by atoms with van der Waals surface area (Å²) < 4.78 is 1.07. The van der Waals surface area contributed by atoms with Gasteiger partial charge in [-0.3, -0.25) is 5.43 Å². The molecule has 112 valence electrons. The lowest BCUT2D eigenvalue weighted by Gasteiger charge is -2.10. The third kappa shape index (κ3) is 2.76. The topological polar surface area (TPSA) is 123 Å². The zero-order valence-corrected chi connectivity index (χ0v) is 11.8. The number of benzene rings is 1. The van der Waals surface area contributed by atoms with Crippen molar-refractivity contribution in [3.8, 4) is 23.0 Å². The molecule has 8 heteroatoms. The summed E-state index contributed by atoms with van der Waals surface area (Å²) in [5, 5.41) is 8.89. The molecular weight excluding hydrogens is 294 g/mol. The van der Waals surface area contributed by atoms with E-state index in [0.717, 1.165) is 4.57 Å². The van der Waals surface area contributed by atoms with Gasteiger partial charge in [-0.2, -0.15) is 10.2 Å². The van der Waals surface area contributed by atoms with Gasteiger partial charge in [0.2, 0.25) is 5.95 Å². The zero-order chi connectivity index (χ0) is 16.2. The third-order valence-electron chi connectivity index (χ3n) is 3.19. The Hall–Kier alpha value is -3.57. The Bertz CT molecular complexity index is 920.